The van der Waals surface area contributed by atoms with E-state index in [1.807, 2.05) is 57.2 Å². The van der Waals surface area contributed by atoms with E-state index in [0.717, 1.165) is 28.6 Å². The first-order chi connectivity index (χ1) is 14.2. The maximum absolute atomic E-state index is 12.0. The van der Waals surface area contributed by atoms with Gasteiger partial charge >= 0.3 is 6.09 Å². The van der Waals surface area contributed by atoms with Crippen LogP contribution in [0.5, 0.6) is 0 Å². The number of rotatable bonds is 3. The molecule has 6 heteroatoms. The lowest BCUT2D eigenvalue weighted by Crippen LogP contribution is -2.27. The minimum Gasteiger partial charge on any atom is -0.444 e. The molecular weight excluding hydrogens is 398 g/mol. The van der Waals surface area contributed by atoms with Crippen molar-refractivity contribution in [2.24, 2.45) is 0 Å². The Kier molecular flexibility index (Phi) is 5.13. The predicted molar refractivity (Wildman–Crippen MR) is 118 cm³/mol. The molecule has 1 heterocycles. The van der Waals surface area contributed by atoms with Crippen molar-refractivity contribution in [1.82, 2.24) is 4.98 Å². The van der Waals surface area contributed by atoms with Crippen molar-refractivity contribution in [2.75, 3.05) is 5.32 Å². The molecule has 0 aliphatic heterocycles. The number of hydrogen-bond donors (Lipinski definition) is 1. The molecule has 0 radical (unpaired) electrons. The Morgan fingerprint density at radius 2 is 1.93 bits per heavy atom. The SMILES string of the molecule is CC(C)(C)OC(=O)Nc1ccc2ccc([C@H]3C[C@@H]3c3cc(Cl)ccc3C#N)nc2c1. The summed E-state index contributed by atoms with van der Waals surface area (Å²) in [6, 6.07) is 17.3. The number of pyridine rings is 1. The van der Waals surface area contributed by atoms with E-state index in [-0.39, 0.29) is 11.8 Å². The van der Waals surface area contributed by atoms with E-state index >= 15 is 0 Å². The fourth-order valence-corrected chi connectivity index (χ4v) is 3.83. The van der Waals surface area contributed by atoms with Gasteiger partial charge < -0.3 is 4.74 Å². The highest BCUT2D eigenvalue weighted by atomic mass is 35.5. The summed E-state index contributed by atoms with van der Waals surface area (Å²) in [5.41, 5.74) is 3.50. The van der Waals surface area contributed by atoms with Crippen LogP contribution in [0, 0.1) is 11.3 Å². The average Bonchev–Trinajstić information content (AvgIpc) is 3.46. The van der Waals surface area contributed by atoms with Crippen molar-refractivity contribution in [1.29, 1.82) is 5.26 Å². The zero-order chi connectivity index (χ0) is 21.5. The third-order valence-electron chi connectivity index (χ3n) is 5.06. The number of halogens is 1. The minimum atomic E-state index is -0.560. The van der Waals surface area contributed by atoms with E-state index in [1.54, 1.807) is 12.1 Å². The Balaban J connectivity index is 1.56. The molecule has 1 amide bonds. The van der Waals surface area contributed by atoms with Gasteiger partial charge in [0.15, 0.2) is 0 Å². The van der Waals surface area contributed by atoms with Crippen molar-refractivity contribution in [2.45, 2.75) is 44.6 Å². The molecule has 3 aromatic rings. The summed E-state index contributed by atoms with van der Waals surface area (Å²) in [4.78, 5) is 16.9. The molecule has 5 nitrogen and oxygen atoms in total. The number of aromatic nitrogens is 1. The largest absolute Gasteiger partial charge is 0.444 e. The normalized spacial score (nSPS) is 18.0. The van der Waals surface area contributed by atoms with Crippen LogP contribution >= 0.6 is 11.6 Å². The van der Waals surface area contributed by atoms with Gasteiger partial charge in [-0.1, -0.05) is 23.7 Å². The van der Waals surface area contributed by atoms with Crippen LogP contribution in [-0.2, 0) is 4.74 Å². The highest BCUT2D eigenvalue weighted by Crippen LogP contribution is 2.55. The van der Waals surface area contributed by atoms with E-state index < -0.39 is 11.7 Å². The summed E-state index contributed by atoms with van der Waals surface area (Å²) >= 11 is 6.15. The Labute approximate surface area is 180 Å². The molecule has 1 saturated carbocycles. The Bertz CT molecular complexity index is 1180. The summed E-state index contributed by atoms with van der Waals surface area (Å²) < 4.78 is 5.31. The van der Waals surface area contributed by atoms with Crippen LogP contribution in [0.1, 0.15) is 55.8 Å². The summed E-state index contributed by atoms with van der Waals surface area (Å²) in [6.07, 6.45) is 0.439. The lowest BCUT2D eigenvalue weighted by Gasteiger charge is -2.19. The first kappa shape index (κ1) is 20.2. The summed E-state index contributed by atoms with van der Waals surface area (Å²) in [5.74, 6) is 0.494. The highest BCUT2D eigenvalue weighted by molar-refractivity contribution is 6.30. The fraction of sp³-hybridized carbons (Fsp3) is 0.292. The highest BCUT2D eigenvalue weighted by Gasteiger charge is 2.42. The van der Waals surface area contributed by atoms with E-state index in [0.29, 0.717) is 16.3 Å². The monoisotopic (exact) mass is 419 g/mol. The topological polar surface area (TPSA) is 75.0 Å². The van der Waals surface area contributed by atoms with Crippen LogP contribution < -0.4 is 5.32 Å². The molecule has 152 valence electrons. The fourth-order valence-electron chi connectivity index (χ4n) is 3.65. The second-order valence-corrected chi connectivity index (χ2v) is 9.00. The summed E-state index contributed by atoms with van der Waals surface area (Å²) in [6.45, 7) is 5.47. The van der Waals surface area contributed by atoms with Crippen molar-refractivity contribution < 1.29 is 9.53 Å². The molecule has 1 aromatic heterocycles. The molecular formula is C24H22ClN3O2. The van der Waals surface area contributed by atoms with Crippen molar-refractivity contribution in [3.63, 3.8) is 0 Å². The van der Waals surface area contributed by atoms with E-state index in [9.17, 15) is 10.1 Å². The first-order valence-corrected chi connectivity index (χ1v) is 10.2. The summed E-state index contributed by atoms with van der Waals surface area (Å²) in [5, 5.41) is 13.8. The lowest BCUT2D eigenvalue weighted by atomic mass is 10.0. The first-order valence-electron chi connectivity index (χ1n) is 9.84. The average molecular weight is 420 g/mol. The molecule has 0 bridgehead atoms. The van der Waals surface area contributed by atoms with Gasteiger partial charge in [0, 0.05) is 27.7 Å². The van der Waals surface area contributed by atoms with Gasteiger partial charge in [-0.15, -0.1) is 0 Å². The van der Waals surface area contributed by atoms with Crippen LogP contribution in [0.15, 0.2) is 48.5 Å². The Morgan fingerprint density at radius 3 is 2.67 bits per heavy atom. The molecule has 2 aromatic carbocycles. The molecule has 0 saturated heterocycles. The molecule has 1 aliphatic carbocycles. The number of ether oxygens (including phenoxy) is 1. The Hall–Kier alpha value is -3.10. The van der Waals surface area contributed by atoms with Crippen molar-refractivity contribution in [3.05, 3.63) is 70.4 Å². The van der Waals surface area contributed by atoms with Gasteiger partial charge in [-0.25, -0.2) is 4.79 Å². The molecule has 4 rings (SSSR count). The standard InChI is InChI=1S/C24H22ClN3O2/c1-24(2,3)30-23(29)27-17-8-5-14-6-9-21(28-22(14)11-17)20-12-19(20)18-10-16(25)7-4-15(18)13-26/h4-11,19-20H,12H2,1-3H3,(H,27,29)/t19-,20+/m1/s1. The number of carbonyl (C=O) groups excluding carboxylic acids is 1. The maximum atomic E-state index is 12.0. The Morgan fingerprint density at radius 1 is 1.17 bits per heavy atom. The second kappa shape index (κ2) is 7.62. The van der Waals surface area contributed by atoms with Gasteiger partial charge in [-0.3, -0.25) is 10.3 Å². The van der Waals surface area contributed by atoms with Crippen molar-refractivity contribution >= 4 is 34.3 Å². The molecule has 1 aliphatic rings. The summed E-state index contributed by atoms with van der Waals surface area (Å²) in [7, 11) is 0. The molecule has 2 atom stereocenters. The molecule has 0 unspecified atom stereocenters. The smallest absolute Gasteiger partial charge is 0.412 e. The number of hydrogen-bond acceptors (Lipinski definition) is 4. The van der Waals surface area contributed by atoms with Crippen LogP contribution in [0.25, 0.3) is 10.9 Å². The van der Waals surface area contributed by atoms with Crippen LogP contribution in [-0.4, -0.2) is 16.7 Å². The van der Waals surface area contributed by atoms with Gasteiger partial charge in [-0.05, 0) is 75.1 Å². The number of anilines is 1. The molecule has 0 spiro atoms. The maximum Gasteiger partial charge on any atom is 0.412 e. The molecule has 30 heavy (non-hydrogen) atoms. The van der Waals surface area contributed by atoms with E-state index in [1.165, 1.54) is 0 Å². The number of nitriles is 1. The number of fused-ring (bicyclic) bond motifs is 1. The number of nitrogens with one attached hydrogen (secondary N) is 1. The predicted octanol–water partition coefficient (Wildman–Crippen LogP) is 6.38. The number of amides is 1. The number of nitrogens with zero attached hydrogens (tertiary/aromatic N) is 2. The molecule has 1 N–H and O–H groups in total. The van der Waals surface area contributed by atoms with Crippen LogP contribution in [0.3, 0.4) is 0 Å². The van der Waals surface area contributed by atoms with Gasteiger partial charge in [0.1, 0.15) is 5.60 Å². The number of benzene rings is 2. The van der Waals surface area contributed by atoms with Gasteiger partial charge in [-0.2, -0.15) is 5.26 Å². The van der Waals surface area contributed by atoms with Crippen LogP contribution in [0.2, 0.25) is 5.02 Å². The van der Waals surface area contributed by atoms with Crippen molar-refractivity contribution in [3.8, 4) is 6.07 Å². The van der Waals surface area contributed by atoms with E-state index in [4.69, 9.17) is 21.3 Å². The second-order valence-electron chi connectivity index (χ2n) is 8.56. The zero-order valence-corrected chi connectivity index (χ0v) is 17.8. The minimum absolute atomic E-state index is 0.242. The number of carbonyl (C=O) groups is 1. The third-order valence-corrected chi connectivity index (χ3v) is 5.30. The van der Waals surface area contributed by atoms with Gasteiger partial charge in [0.2, 0.25) is 0 Å². The van der Waals surface area contributed by atoms with E-state index in [2.05, 4.69) is 11.4 Å². The zero-order valence-electron chi connectivity index (χ0n) is 17.1. The van der Waals surface area contributed by atoms with Gasteiger partial charge in [0.25, 0.3) is 0 Å². The lowest BCUT2D eigenvalue weighted by molar-refractivity contribution is 0.0636. The molecule has 1 fully saturated rings. The quantitative estimate of drug-likeness (QED) is 0.534. The third kappa shape index (κ3) is 4.39. The van der Waals surface area contributed by atoms with Crippen LogP contribution in [0.4, 0.5) is 10.5 Å². The van der Waals surface area contributed by atoms with Gasteiger partial charge in [0.05, 0.1) is 17.1 Å².